The van der Waals surface area contributed by atoms with Crippen molar-refractivity contribution in [1.29, 1.82) is 0 Å². The van der Waals surface area contributed by atoms with Gasteiger partial charge in [-0.05, 0) is 63.1 Å². The molecule has 0 radical (unpaired) electrons. The van der Waals surface area contributed by atoms with Crippen LogP contribution in [0.1, 0.15) is 54.4 Å². The Hall–Kier alpha value is -2.08. The Bertz CT molecular complexity index is 636. The molecule has 4 N–H and O–H groups in total. The Kier molecular flexibility index (Phi) is 4.76. The molecular formula is C18H25N3O3. The van der Waals surface area contributed by atoms with Gasteiger partial charge in [0.15, 0.2) is 0 Å². The lowest BCUT2D eigenvalue weighted by molar-refractivity contribution is 0.0951. The van der Waals surface area contributed by atoms with Gasteiger partial charge in [0.05, 0.1) is 0 Å². The number of hydrogen-bond donors (Lipinski definition) is 4. The summed E-state index contributed by atoms with van der Waals surface area (Å²) in [6.07, 6.45) is 5.50. The standard InChI is InChI=1S/C18H25N3O3/c1-12-3-4-13(16(23)19-14-5-6-14)11-15(12)20-17(24)21-18(9-10-22)7-2-8-18/h3-4,11,14,22H,2,5-10H2,1H3,(H,19,23)(H2,20,21,24). The molecule has 2 saturated carbocycles. The van der Waals surface area contributed by atoms with E-state index in [9.17, 15) is 14.7 Å². The van der Waals surface area contributed by atoms with Crippen LogP contribution in [0.3, 0.4) is 0 Å². The van der Waals surface area contributed by atoms with Crippen LogP contribution in [-0.2, 0) is 0 Å². The molecule has 2 aliphatic rings. The molecule has 3 rings (SSSR count). The monoisotopic (exact) mass is 331 g/mol. The number of aryl methyl sites for hydroxylation is 1. The van der Waals surface area contributed by atoms with Crippen molar-refractivity contribution in [1.82, 2.24) is 10.6 Å². The highest BCUT2D eigenvalue weighted by molar-refractivity contribution is 5.97. The molecule has 6 nitrogen and oxygen atoms in total. The van der Waals surface area contributed by atoms with Gasteiger partial charge in [-0.1, -0.05) is 6.07 Å². The fraction of sp³-hybridized carbons (Fsp3) is 0.556. The van der Waals surface area contributed by atoms with E-state index in [0.717, 1.165) is 37.7 Å². The number of hydrogen-bond acceptors (Lipinski definition) is 3. The van der Waals surface area contributed by atoms with Gasteiger partial charge in [0.1, 0.15) is 0 Å². The summed E-state index contributed by atoms with van der Waals surface area (Å²) in [5, 5.41) is 18.0. The van der Waals surface area contributed by atoms with Gasteiger partial charge in [0.2, 0.25) is 0 Å². The first-order valence-corrected chi connectivity index (χ1v) is 8.63. The molecule has 0 saturated heterocycles. The molecule has 1 aromatic carbocycles. The Balaban J connectivity index is 1.64. The van der Waals surface area contributed by atoms with Gasteiger partial charge >= 0.3 is 6.03 Å². The number of urea groups is 1. The van der Waals surface area contributed by atoms with E-state index in [1.165, 1.54) is 0 Å². The van der Waals surface area contributed by atoms with E-state index in [1.54, 1.807) is 12.1 Å². The molecule has 2 aliphatic carbocycles. The largest absolute Gasteiger partial charge is 0.396 e. The molecule has 0 aromatic heterocycles. The van der Waals surface area contributed by atoms with Crippen molar-refractivity contribution < 1.29 is 14.7 Å². The van der Waals surface area contributed by atoms with Crippen molar-refractivity contribution in [3.8, 4) is 0 Å². The average Bonchev–Trinajstić information content (AvgIpc) is 3.31. The van der Waals surface area contributed by atoms with Crippen molar-refractivity contribution in [3.05, 3.63) is 29.3 Å². The molecule has 0 spiro atoms. The molecule has 3 amide bonds. The van der Waals surface area contributed by atoms with Crippen LogP contribution in [0.15, 0.2) is 18.2 Å². The number of carbonyl (C=O) groups excluding carboxylic acids is 2. The zero-order valence-electron chi connectivity index (χ0n) is 14.0. The molecule has 0 atom stereocenters. The molecule has 2 fully saturated rings. The predicted molar refractivity (Wildman–Crippen MR) is 92.1 cm³/mol. The second-order valence-electron chi connectivity index (χ2n) is 6.96. The first kappa shape index (κ1) is 16.8. The maximum atomic E-state index is 12.3. The highest BCUT2D eigenvalue weighted by Gasteiger charge is 2.37. The van der Waals surface area contributed by atoms with Crippen molar-refractivity contribution in [2.75, 3.05) is 11.9 Å². The fourth-order valence-corrected chi connectivity index (χ4v) is 3.04. The smallest absolute Gasteiger partial charge is 0.319 e. The van der Waals surface area contributed by atoms with Crippen LogP contribution in [0.5, 0.6) is 0 Å². The summed E-state index contributed by atoms with van der Waals surface area (Å²) in [4.78, 5) is 24.5. The minimum absolute atomic E-state index is 0.0656. The number of amides is 3. The first-order valence-electron chi connectivity index (χ1n) is 8.63. The number of rotatable bonds is 6. The van der Waals surface area contributed by atoms with Gasteiger partial charge in [-0.3, -0.25) is 4.79 Å². The predicted octanol–water partition coefficient (Wildman–Crippen LogP) is 2.31. The number of benzene rings is 1. The van der Waals surface area contributed by atoms with E-state index < -0.39 is 0 Å². The summed E-state index contributed by atoms with van der Waals surface area (Å²) in [7, 11) is 0. The molecule has 0 aliphatic heterocycles. The zero-order chi connectivity index (χ0) is 17.2. The maximum absolute atomic E-state index is 12.3. The minimum Gasteiger partial charge on any atom is -0.396 e. The lowest BCUT2D eigenvalue weighted by Gasteiger charge is -2.42. The van der Waals surface area contributed by atoms with Crippen LogP contribution < -0.4 is 16.0 Å². The lowest BCUT2D eigenvalue weighted by atomic mass is 9.74. The third kappa shape index (κ3) is 3.87. The zero-order valence-corrected chi connectivity index (χ0v) is 14.0. The van der Waals surface area contributed by atoms with Gasteiger partial charge in [-0.2, -0.15) is 0 Å². The van der Waals surface area contributed by atoms with Crippen LogP contribution in [0.4, 0.5) is 10.5 Å². The summed E-state index contributed by atoms with van der Waals surface area (Å²) in [6.45, 7) is 1.96. The van der Waals surface area contributed by atoms with Crippen LogP contribution in [0.2, 0.25) is 0 Å². The summed E-state index contributed by atoms with van der Waals surface area (Å²) in [5.74, 6) is -0.100. The minimum atomic E-state index is -0.286. The highest BCUT2D eigenvalue weighted by atomic mass is 16.3. The molecular weight excluding hydrogens is 306 g/mol. The molecule has 0 heterocycles. The Labute approximate surface area is 142 Å². The third-order valence-corrected chi connectivity index (χ3v) is 4.94. The summed E-state index contributed by atoms with van der Waals surface area (Å²) < 4.78 is 0. The molecule has 0 bridgehead atoms. The molecule has 130 valence electrons. The Morgan fingerprint density at radius 1 is 1.29 bits per heavy atom. The second-order valence-corrected chi connectivity index (χ2v) is 6.96. The van der Waals surface area contributed by atoms with Crippen LogP contribution in [-0.4, -0.2) is 35.2 Å². The van der Waals surface area contributed by atoms with Crippen molar-refractivity contribution in [2.45, 2.75) is 57.0 Å². The number of anilines is 1. The highest BCUT2D eigenvalue weighted by Crippen LogP contribution is 2.34. The van der Waals surface area contributed by atoms with Crippen molar-refractivity contribution >= 4 is 17.6 Å². The van der Waals surface area contributed by atoms with E-state index in [0.29, 0.717) is 23.7 Å². The summed E-state index contributed by atoms with van der Waals surface area (Å²) >= 11 is 0. The third-order valence-electron chi connectivity index (χ3n) is 4.94. The lowest BCUT2D eigenvalue weighted by Crippen LogP contribution is -2.55. The second kappa shape index (κ2) is 6.81. The van der Waals surface area contributed by atoms with Crippen molar-refractivity contribution in [3.63, 3.8) is 0 Å². The Morgan fingerprint density at radius 3 is 2.62 bits per heavy atom. The van der Waals surface area contributed by atoms with Gasteiger partial charge < -0.3 is 21.1 Å². The SMILES string of the molecule is Cc1ccc(C(=O)NC2CC2)cc1NC(=O)NC1(CCO)CCC1. The van der Waals surface area contributed by atoms with E-state index >= 15 is 0 Å². The van der Waals surface area contributed by atoms with Crippen molar-refractivity contribution in [2.24, 2.45) is 0 Å². The average molecular weight is 331 g/mol. The number of aliphatic hydroxyl groups is 1. The van der Waals surface area contributed by atoms with Crippen LogP contribution >= 0.6 is 0 Å². The Morgan fingerprint density at radius 2 is 2.04 bits per heavy atom. The van der Waals surface area contributed by atoms with E-state index in [4.69, 9.17) is 0 Å². The van der Waals surface area contributed by atoms with Gasteiger partial charge in [-0.25, -0.2) is 4.79 Å². The topological polar surface area (TPSA) is 90.5 Å². The first-order chi connectivity index (χ1) is 11.5. The van der Waals surface area contributed by atoms with Gasteiger partial charge in [0, 0.05) is 29.4 Å². The summed E-state index contributed by atoms with van der Waals surface area (Å²) in [6, 6.07) is 5.34. The molecule has 1 aromatic rings. The molecule has 0 unspecified atom stereocenters. The number of nitrogens with one attached hydrogen (secondary N) is 3. The van der Waals surface area contributed by atoms with Crippen LogP contribution in [0.25, 0.3) is 0 Å². The summed E-state index contributed by atoms with van der Waals surface area (Å²) in [5.41, 5.74) is 1.80. The van der Waals surface area contributed by atoms with Gasteiger partial charge in [-0.15, -0.1) is 0 Å². The molecule has 6 heteroatoms. The maximum Gasteiger partial charge on any atom is 0.319 e. The van der Waals surface area contributed by atoms with Crippen LogP contribution in [0, 0.1) is 6.92 Å². The van der Waals surface area contributed by atoms with E-state index in [-0.39, 0.29) is 24.1 Å². The normalized spacial score (nSPS) is 18.4. The number of aliphatic hydroxyl groups excluding tert-OH is 1. The van der Waals surface area contributed by atoms with Gasteiger partial charge in [0.25, 0.3) is 5.91 Å². The molecule has 24 heavy (non-hydrogen) atoms. The fourth-order valence-electron chi connectivity index (χ4n) is 3.04. The van der Waals surface area contributed by atoms with E-state index in [1.807, 2.05) is 13.0 Å². The number of carbonyl (C=O) groups is 2. The van der Waals surface area contributed by atoms with E-state index in [2.05, 4.69) is 16.0 Å². The quantitative estimate of drug-likeness (QED) is 0.645.